The molecule has 0 atom stereocenters. The van der Waals surface area contributed by atoms with E-state index in [2.05, 4.69) is 4.98 Å². The summed E-state index contributed by atoms with van der Waals surface area (Å²) in [7, 11) is 0. The standard InChI is InChI=1S/C17H16F3N3O2/c18-12-5-4-11(14(19)15(12)20)16(24)22-7-2-8-23(10-9-22)17(25)13-3-1-6-21-13/h1,3-6,21H,2,7-10H2. The number of benzene rings is 1. The Morgan fingerprint density at radius 3 is 2.20 bits per heavy atom. The molecule has 1 fully saturated rings. The minimum atomic E-state index is -1.66. The predicted molar refractivity (Wildman–Crippen MR) is 83.5 cm³/mol. The van der Waals surface area contributed by atoms with Crippen molar-refractivity contribution in [1.29, 1.82) is 0 Å². The number of nitrogens with one attached hydrogen (secondary N) is 1. The van der Waals surface area contributed by atoms with Gasteiger partial charge in [0.1, 0.15) is 5.69 Å². The van der Waals surface area contributed by atoms with Gasteiger partial charge in [-0.1, -0.05) is 0 Å². The molecule has 5 nitrogen and oxygen atoms in total. The molecule has 1 aliphatic rings. The van der Waals surface area contributed by atoms with E-state index < -0.39 is 28.9 Å². The fraction of sp³-hybridized carbons (Fsp3) is 0.294. The molecule has 0 aliphatic carbocycles. The van der Waals surface area contributed by atoms with Gasteiger partial charge < -0.3 is 14.8 Å². The van der Waals surface area contributed by atoms with Gasteiger partial charge in [-0.05, 0) is 30.7 Å². The van der Waals surface area contributed by atoms with Crippen molar-refractivity contribution < 1.29 is 22.8 Å². The zero-order valence-electron chi connectivity index (χ0n) is 13.3. The molecule has 1 aliphatic heterocycles. The molecule has 1 N–H and O–H groups in total. The fourth-order valence-corrected chi connectivity index (χ4v) is 2.82. The summed E-state index contributed by atoms with van der Waals surface area (Å²) in [6.07, 6.45) is 2.15. The molecule has 1 aromatic carbocycles. The van der Waals surface area contributed by atoms with E-state index in [9.17, 15) is 22.8 Å². The van der Waals surface area contributed by atoms with Gasteiger partial charge in [0.15, 0.2) is 17.5 Å². The van der Waals surface area contributed by atoms with Crippen molar-refractivity contribution in [3.63, 3.8) is 0 Å². The van der Waals surface area contributed by atoms with E-state index in [1.807, 2.05) is 0 Å². The number of hydrogen-bond acceptors (Lipinski definition) is 2. The molecular formula is C17H16F3N3O2. The molecule has 1 aromatic heterocycles. The van der Waals surface area contributed by atoms with Crippen LogP contribution in [-0.4, -0.2) is 52.8 Å². The van der Waals surface area contributed by atoms with Crippen LogP contribution >= 0.6 is 0 Å². The summed E-state index contributed by atoms with van der Waals surface area (Å²) >= 11 is 0. The molecule has 0 saturated carbocycles. The normalized spacial score (nSPS) is 15.2. The number of carbonyl (C=O) groups excluding carboxylic acids is 2. The molecule has 1 saturated heterocycles. The topological polar surface area (TPSA) is 56.4 Å². The summed E-state index contributed by atoms with van der Waals surface area (Å²) in [5, 5.41) is 0. The molecule has 8 heteroatoms. The number of aromatic amines is 1. The number of hydrogen-bond donors (Lipinski definition) is 1. The number of carbonyl (C=O) groups is 2. The van der Waals surface area contributed by atoms with Crippen LogP contribution in [-0.2, 0) is 0 Å². The van der Waals surface area contributed by atoms with E-state index >= 15 is 0 Å². The van der Waals surface area contributed by atoms with Crippen LogP contribution in [0.2, 0.25) is 0 Å². The lowest BCUT2D eigenvalue weighted by Gasteiger charge is -2.22. The first-order valence-electron chi connectivity index (χ1n) is 7.84. The summed E-state index contributed by atoms with van der Waals surface area (Å²) < 4.78 is 40.2. The monoisotopic (exact) mass is 351 g/mol. The van der Waals surface area contributed by atoms with Crippen LogP contribution in [0.1, 0.15) is 27.3 Å². The highest BCUT2D eigenvalue weighted by Gasteiger charge is 2.27. The summed E-state index contributed by atoms with van der Waals surface area (Å²) in [5.74, 6) is -5.39. The van der Waals surface area contributed by atoms with Gasteiger partial charge in [-0.25, -0.2) is 13.2 Å². The largest absolute Gasteiger partial charge is 0.357 e. The molecular weight excluding hydrogens is 335 g/mol. The smallest absolute Gasteiger partial charge is 0.270 e. The van der Waals surface area contributed by atoms with Crippen molar-refractivity contribution in [2.24, 2.45) is 0 Å². The molecule has 25 heavy (non-hydrogen) atoms. The lowest BCUT2D eigenvalue weighted by atomic mass is 10.1. The Hall–Kier alpha value is -2.77. The molecule has 0 spiro atoms. The Morgan fingerprint density at radius 2 is 1.56 bits per heavy atom. The average molecular weight is 351 g/mol. The molecule has 0 bridgehead atoms. The Morgan fingerprint density at radius 1 is 0.880 bits per heavy atom. The van der Waals surface area contributed by atoms with E-state index in [1.54, 1.807) is 23.2 Å². The molecule has 2 heterocycles. The van der Waals surface area contributed by atoms with Gasteiger partial charge >= 0.3 is 0 Å². The molecule has 0 unspecified atom stereocenters. The lowest BCUT2D eigenvalue weighted by Crippen LogP contribution is -2.37. The lowest BCUT2D eigenvalue weighted by molar-refractivity contribution is 0.0713. The number of halogens is 3. The second kappa shape index (κ2) is 7.00. The molecule has 2 amide bonds. The van der Waals surface area contributed by atoms with Gasteiger partial charge in [0.05, 0.1) is 5.56 Å². The quantitative estimate of drug-likeness (QED) is 0.845. The van der Waals surface area contributed by atoms with E-state index in [0.29, 0.717) is 25.2 Å². The van der Waals surface area contributed by atoms with Gasteiger partial charge in [-0.2, -0.15) is 0 Å². The minimum Gasteiger partial charge on any atom is -0.357 e. The van der Waals surface area contributed by atoms with E-state index in [0.717, 1.165) is 12.1 Å². The second-order valence-electron chi connectivity index (χ2n) is 5.74. The molecule has 2 aromatic rings. The van der Waals surface area contributed by atoms with Gasteiger partial charge in [0, 0.05) is 32.4 Å². The molecule has 0 radical (unpaired) electrons. The third kappa shape index (κ3) is 3.38. The zero-order valence-corrected chi connectivity index (χ0v) is 13.3. The third-order valence-electron chi connectivity index (χ3n) is 4.16. The Balaban J connectivity index is 1.72. The number of amides is 2. The zero-order chi connectivity index (χ0) is 18.0. The number of aromatic nitrogens is 1. The van der Waals surface area contributed by atoms with E-state index in [-0.39, 0.29) is 19.0 Å². The van der Waals surface area contributed by atoms with Crippen molar-refractivity contribution in [1.82, 2.24) is 14.8 Å². The van der Waals surface area contributed by atoms with Crippen LogP contribution in [0.4, 0.5) is 13.2 Å². The average Bonchev–Trinajstić information content (AvgIpc) is 3.03. The highest BCUT2D eigenvalue weighted by molar-refractivity contribution is 5.95. The van der Waals surface area contributed by atoms with Crippen molar-refractivity contribution in [2.75, 3.05) is 26.2 Å². The van der Waals surface area contributed by atoms with Crippen molar-refractivity contribution in [2.45, 2.75) is 6.42 Å². The number of nitrogens with zero attached hydrogens (tertiary/aromatic N) is 2. The van der Waals surface area contributed by atoms with Gasteiger partial charge in [-0.15, -0.1) is 0 Å². The SMILES string of the molecule is O=C(c1ccc[nH]1)N1CCCN(C(=O)c2ccc(F)c(F)c2F)CC1. The highest BCUT2D eigenvalue weighted by Crippen LogP contribution is 2.18. The van der Waals surface area contributed by atoms with Gasteiger partial charge in [0.2, 0.25) is 0 Å². The highest BCUT2D eigenvalue weighted by atomic mass is 19.2. The first kappa shape index (κ1) is 17.1. The maximum absolute atomic E-state index is 13.8. The summed E-state index contributed by atoms with van der Waals surface area (Å²) in [6.45, 7) is 1.20. The maximum Gasteiger partial charge on any atom is 0.270 e. The number of H-pyrrole nitrogens is 1. The van der Waals surface area contributed by atoms with Crippen LogP contribution in [0.25, 0.3) is 0 Å². The Kier molecular flexibility index (Phi) is 4.78. The summed E-state index contributed by atoms with van der Waals surface area (Å²) in [6, 6.07) is 5.03. The molecule has 132 valence electrons. The van der Waals surface area contributed by atoms with Gasteiger partial charge in [-0.3, -0.25) is 9.59 Å². The Labute approximate surface area is 142 Å². The van der Waals surface area contributed by atoms with Crippen molar-refractivity contribution >= 4 is 11.8 Å². The van der Waals surface area contributed by atoms with Crippen LogP contribution in [0.3, 0.4) is 0 Å². The van der Waals surface area contributed by atoms with Crippen LogP contribution in [0.15, 0.2) is 30.5 Å². The van der Waals surface area contributed by atoms with Crippen LogP contribution in [0, 0.1) is 17.5 Å². The third-order valence-corrected chi connectivity index (χ3v) is 4.16. The maximum atomic E-state index is 13.8. The van der Waals surface area contributed by atoms with Gasteiger partial charge in [0.25, 0.3) is 11.8 Å². The fourth-order valence-electron chi connectivity index (χ4n) is 2.82. The first-order chi connectivity index (χ1) is 12.0. The summed E-state index contributed by atoms with van der Waals surface area (Å²) in [5.41, 5.74) is -0.0607. The van der Waals surface area contributed by atoms with E-state index in [4.69, 9.17) is 0 Å². The Bertz CT molecular complexity index is 793. The van der Waals surface area contributed by atoms with Crippen molar-refractivity contribution in [3.05, 3.63) is 59.2 Å². The molecule has 3 rings (SSSR count). The van der Waals surface area contributed by atoms with Crippen LogP contribution in [0.5, 0.6) is 0 Å². The van der Waals surface area contributed by atoms with Crippen LogP contribution < -0.4 is 0 Å². The summed E-state index contributed by atoms with van der Waals surface area (Å²) in [4.78, 5) is 30.5. The number of rotatable bonds is 2. The second-order valence-corrected chi connectivity index (χ2v) is 5.74. The minimum absolute atomic E-state index is 0.182. The van der Waals surface area contributed by atoms with Crippen molar-refractivity contribution in [3.8, 4) is 0 Å². The predicted octanol–water partition coefficient (Wildman–Crippen LogP) is 2.42. The van der Waals surface area contributed by atoms with E-state index in [1.165, 1.54) is 4.90 Å². The first-order valence-corrected chi connectivity index (χ1v) is 7.84.